The molecular weight excluding hydrogens is 206 g/mol. The molecule has 0 spiro atoms. The number of phenolic OH excluding ortho intramolecular Hbond substituents is 1. The van der Waals surface area contributed by atoms with Crippen LogP contribution in [0.5, 0.6) is 5.75 Å². The normalized spacial score (nSPS) is 12.7. The van der Waals surface area contributed by atoms with Gasteiger partial charge in [0, 0.05) is 6.04 Å². The van der Waals surface area contributed by atoms with Gasteiger partial charge in [0.2, 0.25) is 0 Å². The van der Waals surface area contributed by atoms with Crippen molar-refractivity contribution < 1.29 is 15.0 Å². The molecule has 4 heteroatoms. The summed E-state index contributed by atoms with van der Waals surface area (Å²) in [6, 6.07) is 6.14. The summed E-state index contributed by atoms with van der Waals surface area (Å²) in [5, 5.41) is 21.3. The zero-order valence-corrected chi connectivity index (χ0v) is 9.47. The number of hydrogen-bond donors (Lipinski definition) is 3. The second kappa shape index (κ2) is 5.51. The van der Waals surface area contributed by atoms with Crippen LogP contribution in [0.3, 0.4) is 0 Å². The first-order valence-electron chi connectivity index (χ1n) is 5.26. The van der Waals surface area contributed by atoms with Crippen LogP contribution >= 0.6 is 0 Å². The van der Waals surface area contributed by atoms with Gasteiger partial charge in [-0.05, 0) is 24.1 Å². The number of carboxylic acid groups (broad SMARTS) is 1. The second-order valence-electron chi connectivity index (χ2n) is 4.09. The van der Waals surface area contributed by atoms with Crippen molar-refractivity contribution in [2.24, 2.45) is 0 Å². The van der Waals surface area contributed by atoms with E-state index in [0.29, 0.717) is 6.42 Å². The minimum absolute atomic E-state index is 0.110. The van der Waals surface area contributed by atoms with E-state index < -0.39 is 12.0 Å². The highest BCUT2D eigenvalue weighted by atomic mass is 16.4. The molecule has 1 atom stereocenters. The Morgan fingerprint density at radius 3 is 2.62 bits per heavy atom. The average molecular weight is 223 g/mol. The van der Waals surface area contributed by atoms with E-state index >= 15 is 0 Å². The van der Waals surface area contributed by atoms with Crippen LogP contribution in [0.1, 0.15) is 19.4 Å². The molecule has 0 aliphatic rings. The fourth-order valence-electron chi connectivity index (χ4n) is 1.54. The second-order valence-corrected chi connectivity index (χ2v) is 4.09. The number of aliphatic carboxylic acids is 1. The first-order chi connectivity index (χ1) is 7.49. The molecule has 1 aromatic rings. The van der Waals surface area contributed by atoms with Gasteiger partial charge in [-0.3, -0.25) is 4.79 Å². The largest absolute Gasteiger partial charge is 0.508 e. The molecule has 3 N–H and O–H groups in total. The average Bonchev–Trinajstić information content (AvgIpc) is 2.15. The van der Waals surface area contributed by atoms with Gasteiger partial charge in [-0.25, -0.2) is 0 Å². The van der Waals surface area contributed by atoms with Crippen LogP contribution in [-0.2, 0) is 11.2 Å². The molecule has 1 rings (SSSR count). The fraction of sp³-hybridized carbons (Fsp3) is 0.417. The van der Waals surface area contributed by atoms with E-state index in [0.717, 1.165) is 5.56 Å². The Labute approximate surface area is 94.9 Å². The van der Waals surface area contributed by atoms with Gasteiger partial charge in [0.15, 0.2) is 0 Å². The van der Waals surface area contributed by atoms with Crippen molar-refractivity contribution in [3.8, 4) is 5.75 Å². The van der Waals surface area contributed by atoms with Crippen molar-refractivity contribution in [1.29, 1.82) is 0 Å². The molecule has 88 valence electrons. The maximum Gasteiger partial charge on any atom is 0.321 e. The van der Waals surface area contributed by atoms with Gasteiger partial charge in [-0.2, -0.15) is 0 Å². The number of rotatable bonds is 5. The Hall–Kier alpha value is -1.55. The Balaban J connectivity index is 2.71. The summed E-state index contributed by atoms with van der Waals surface area (Å²) in [4.78, 5) is 11.0. The van der Waals surface area contributed by atoms with Crippen LogP contribution in [0, 0.1) is 0 Å². The summed E-state index contributed by atoms with van der Waals surface area (Å²) < 4.78 is 0. The summed E-state index contributed by atoms with van der Waals surface area (Å²) in [6.45, 7) is 3.80. The molecule has 0 fully saturated rings. The number of nitrogens with one attached hydrogen (secondary N) is 1. The van der Waals surface area contributed by atoms with Crippen LogP contribution in [0.15, 0.2) is 24.3 Å². The van der Waals surface area contributed by atoms with Crippen molar-refractivity contribution in [1.82, 2.24) is 5.32 Å². The third-order valence-electron chi connectivity index (χ3n) is 2.18. The van der Waals surface area contributed by atoms with E-state index in [9.17, 15) is 9.90 Å². The summed E-state index contributed by atoms with van der Waals surface area (Å²) >= 11 is 0. The highest BCUT2D eigenvalue weighted by Gasteiger charge is 2.18. The number of carbonyl (C=O) groups is 1. The Morgan fingerprint density at radius 1 is 1.44 bits per heavy atom. The summed E-state index contributed by atoms with van der Waals surface area (Å²) in [7, 11) is 0. The minimum atomic E-state index is -0.878. The highest BCUT2D eigenvalue weighted by Crippen LogP contribution is 2.12. The van der Waals surface area contributed by atoms with Crippen molar-refractivity contribution in [2.45, 2.75) is 32.4 Å². The lowest BCUT2D eigenvalue weighted by Gasteiger charge is -2.17. The van der Waals surface area contributed by atoms with Crippen molar-refractivity contribution in [3.63, 3.8) is 0 Å². The van der Waals surface area contributed by atoms with E-state index in [-0.39, 0.29) is 11.8 Å². The lowest BCUT2D eigenvalue weighted by molar-refractivity contribution is -0.139. The molecule has 1 aromatic carbocycles. The molecule has 0 heterocycles. The standard InChI is InChI=1S/C12H17NO3/c1-8(2)13-11(12(15)16)7-9-4-3-5-10(14)6-9/h3-6,8,11,13-14H,7H2,1-2H3,(H,15,16). The molecule has 0 amide bonds. The molecular formula is C12H17NO3. The van der Waals surface area contributed by atoms with Gasteiger partial charge < -0.3 is 15.5 Å². The Morgan fingerprint density at radius 2 is 2.12 bits per heavy atom. The van der Waals surface area contributed by atoms with E-state index in [4.69, 9.17) is 5.11 Å². The van der Waals surface area contributed by atoms with Crippen LogP contribution in [-0.4, -0.2) is 28.3 Å². The van der Waals surface area contributed by atoms with Crippen LogP contribution in [0.4, 0.5) is 0 Å². The maximum absolute atomic E-state index is 11.0. The fourth-order valence-corrected chi connectivity index (χ4v) is 1.54. The zero-order valence-electron chi connectivity index (χ0n) is 9.47. The third-order valence-corrected chi connectivity index (χ3v) is 2.18. The Bertz CT molecular complexity index is 363. The number of benzene rings is 1. The van der Waals surface area contributed by atoms with Gasteiger partial charge in [-0.1, -0.05) is 26.0 Å². The van der Waals surface area contributed by atoms with E-state index in [2.05, 4.69) is 5.32 Å². The quantitative estimate of drug-likeness (QED) is 0.705. The van der Waals surface area contributed by atoms with Crippen LogP contribution in [0.25, 0.3) is 0 Å². The predicted octanol–water partition coefficient (Wildman–Crippen LogP) is 1.39. The van der Waals surface area contributed by atoms with Crippen molar-refractivity contribution >= 4 is 5.97 Å². The molecule has 0 saturated carbocycles. The zero-order chi connectivity index (χ0) is 12.1. The SMILES string of the molecule is CC(C)NC(Cc1cccc(O)c1)C(=O)O. The number of aromatic hydroxyl groups is 1. The van der Waals surface area contributed by atoms with Gasteiger partial charge in [0.05, 0.1) is 0 Å². The molecule has 16 heavy (non-hydrogen) atoms. The van der Waals surface area contributed by atoms with Gasteiger partial charge in [-0.15, -0.1) is 0 Å². The van der Waals surface area contributed by atoms with Crippen molar-refractivity contribution in [2.75, 3.05) is 0 Å². The molecule has 0 saturated heterocycles. The lowest BCUT2D eigenvalue weighted by Crippen LogP contribution is -2.42. The van der Waals surface area contributed by atoms with Gasteiger partial charge in [0.1, 0.15) is 11.8 Å². The van der Waals surface area contributed by atoms with Gasteiger partial charge in [0.25, 0.3) is 0 Å². The summed E-state index contributed by atoms with van der Waals surface area (Å²) in [6.07, 6.45) is 0.363. The van der Waals surface area contributed by atoms with E-state index in [1.807, 2.05) is 13.8 Å². The molecule has 4 nitrogen and oxygen atoms in total. The number of carboxylic acids is 1. The summed E-state index contributed by atoms with van der Waals surface area (Å²) in [5.41, 5.74) is 0.806. The van der Waals surface area contributed by atoms with Crippen LogP contribution < -0.4 is 5.32 Å². The number of hydrogen-bond acceptors (Lipinski definition) is 3. The molecule has 0 aliphatic carbocycles. The molecule has 0 radical (unpaired) electrons. The maximum atomic E-state index is 11.0. The smallest absolute Gasteiger partial charge is 0.321 e. The predicted molar refractivity (Wildman–Crippen MR) is 61.5 cm³/mol. The van der Waals surface area contributed by atoms with Gasteiger partial charge >= 0.3 is 5.97 Å². The highest BCUT2D eigenvalue weighted by molar-refractivity contribution is 5.74. The molecule has 0 aromatic heterocycles. The molecule has 1 unspecified atom stereocenters. The molecule has 0 aliphatic heterocycles. The van der Waals surface area contributed by atoms with Crippen molar-refractivity contribution in [3.05, 3.63) is 29.8 Å². The lowest BCUT2D eigenvalue weighted by atomic mass is 10.1. The third kappa shape index (κ3) is 3.90. The van der Waals surface area contributed by atoms with Crippen LogP contribution in [0.2, 0.25) is 0 Å². The first kappa shape index (κ1) is 12.5. The monoisotopic (exact) mass is 223 g/mol. The topological polar surface area (TPSA) is 69.6 Å². The molecule has 0 bridgehead atoms. The van der Waals surface area contributed by atoms with E-state index in [1.54, 1.807) is 24.3 Å². The Kier molecular flexibility index (Phi) is 4.31. The van der Waals surface area contributed by atoms with E-state index in [1.165, 1.54) is 0 Å². The number of phenols is 1. The first-order valence-corrected chi connectivity index (χ1v) is 5.26. The minimum Gasteiger partial charge on any atom is -0.508 e. The summed E-state index contributed by atoms with van der Waals surface area (Å²) in [5.74, 6) is -0.719.